The van der Waals surface area contributed by atoms with Gasteiger partial charge in [0.15, 0.2) is 0 Å². The summed E-state index contributed by atoms with van der Waals surface area (Å²) in [6, 6.07) is 2.74. The maximum Gasteiger partial charge on any atom is 0.355 e. The van der Waals surface area contributed by atoms with Crippen LogP contribution in [-0.4, -0.2) is 75.3 Å². The van der Waals surface area contributed by atoms with E-state index in [2.05, 4.69) is 28.7 Å². The molecule has 1 saturated heterocycles. The van der Waals surface area contributed by atoms with Crippen molar-refractivity contribution in [3.05, 3.63) is 58.2 Å². The summed E-state index contributed by atoms with van der Waals surface area (Å²) in [5.74, 6) is -2.27. The molecule has 188 valence electrons. The molecule has 0 spiro atoms. The lowest BCUT2D eigenvalue weighted by molar-refractivity contribution is -0.140. The lowest BCUT2D eigenvalue weighted by Crippen LogP contribution is -2.33. The summed E-state index contributed by atoms with van der Waals surface area (Å²) >= 11 is 0. The number of H-pyrrole nitrogens is 1. The number of aliphatic hydroxyl groups excluding tert-OH is 1. The molecule has 0 bridgehead atoms. The quantitative estimate of drug-likeness (QED) is 0.231. The summed E-state index contributed by atoms with van der Waals surface area (Å²) in [6.45, 7) is 12.4. The maximum absolute atomic E-state index is 13.2. The van der Waals surface area contributed by atoms with E-state index in [-0.39, 0.29) is 23.6 Å². The molecule has 0 aliphatic carbocycles. The third-order valence-electron chi connectivity index (χ3n) is 6.46. The van der Waals surface area contributed by atoms with Gasteiger partial charge < -0.3 is 24.6 Å². The number of likely N-dealkylation sites (tertiary alicyclic amines) is 1. The Balaban J connectivity index is 2.08. The van der Waals surface area contributed by atoms with Crippen LogP contribution in [-0.2, 0) is 14.3 Å². The molecule has 0 saturated carbocycles. The van der Waals surface area contributed by atoms with Crippen LogP contribution in [0.5, 0.6) is 0 Å². The zero-order valence-electron chi connectivity index (χ0n) is 21.1. The number of aryl methyl sites for hydroxylation is 1. The predicted molar refractivity (Wildman–Crippen MR) is 132 cm³/mol. The fourth-order valence-corrected chi connectivity index (χ4v) is 4.65. The van der Waals surface area contributed by atoms with Crippen molar-refractivity contribution in [3.63, 3.8) is 0 Å². The molecule has 3 rings (SSSR count). The van der Waals surface area contributed by atoms with Gasteiger partial charge in [-0.25, -0.2) is 4.79 Å². The first kappa shape index (κ1) is 26.2. The number of ketones is 1. The van der Waals surface area contributed by atoms with Crippen LogP contribution < -0.4 is 0 Å². The summed E-state index contributed by atoms with van der Waals surface area (Å²) < 4.78 is 5.10. The lowest BCUT2D eigenvalue weighted by atomic mass is 9.95. The van der Waals surface area contributed by atoms with Gasteiger partial charge in [-0.15, -0.1) is 0 Å². The number of aliphatic hydroxyl groups is 1. The van der Waals surface area contributed by atoms with Crippen LogP contribution in [0.3, 0.4) is 0 Å². The zero-order valence-corrected chi connectivity index (χ0v) is 21.1. The SMILES string of the molecule is CCOC(=O)c1[nH]c(C)c(C(O)=C2C(=O)C(=O)N(CCCN(CC)CC)C2c2cccnc2)c1C. The van der Waals surface area contributed by atoms with Gasteiger partial charge in [-0.3, -0.25) is 14.6 Å². The minimum absolute atomic E-state index is 0.00792. The second-order valence-corrected chi connectivity index (χ2v) is 8.50. The molecule has 9 heteroatoms. The molecule has 3 heterocycles. The summed E-state index contributed by atoms with van der Waals surface area (Å²) in [7, 11) is 0. The van der Waals surface area contributed by atoms with Crippen LogP contribution in [0.2, 0.25) is 0 Å². The summed E-state index contributed by atoms with van der Waals surface area (Å²) in [4.78, 5) is 49.6. The Kier molecular flexibility index (Phi) is 8.45. The number of hydrogen-bond acceptors (Lipinski definition) is 7. The van der Waals surface area contributed by atoms with E-state index in [1.54, 1.807) is 45.3 Å². The van der Waals surface area contributed by atoms with Gasteiger partial charge in [0.2, 0.25) is 0 Å². The normalized spacial score (nSPS) is 17.4. The van der Waals surface area contributed by atoms with Crippen LogP contribution in [0.1, 0.15) is 66.1 Å². The van der Waals surface area contributed by atoms with Crippen molar-refractivity contribution in [2.24, 2.45) is 0 Å². The molecule has 1 fully saturated rings. The molecule has 1 aliphatic rings. The van der Waals surface area contributed by atoms with Gasteiger partial charge in [0, 0.05) is 30.2 Å². The Morgan fingerprint density at radius 3 is 2.54 bits per heavy atom. The highest BCUT2D eigenvalue weighted by molar-refractivity contribution is 6.46. The monoisotopic (exact) mass is 482 g/mol. The minimum Gasteiger partial charge on any atom is -0.507 e. The average Bonchev–Trinajstić information content (AvgIpc) is 3.29. The van der Waals surface area contributed by atoms with E-state index >= 15 is 0 Å². The molecule has 1 atom stereocenters. The van der Waals surface area contributed by atoms with Gasteiger partial charge >= 0.3 is 5.97 Å². The van der Waals surface area contributed by atoms with E-state index in [0.29, 0.717) is 35.3 Å². The second-order valence-electron chi connectivity index (χ2n) is 8.50. The Morgan fingerprint density at radius 1 is 1.23 bits per heavy atom. The molecule has 9 nitrogen and oxygen atoms in total. The van der Waals surface area contributed by atoms with Gasteiger partial charge in [0.25, 0.3) is 11.7 Å². The molecule has 1 amide bonds. The Labute approximate surface area is 205 Å². The number of aromatic nitrogens is 2. The molecule has 1 aliphatic heterocycles. The number of rotatable bonds is 10. The van der Waals surface area contributed by atoms with Crippen molar-refractivity contribution in [1.82, 2.24) is 19.8 Å². The first-order valence-electron chi connectivity index (χ1n) is 12.0. The van der Waals surface area contributed by atoms with E-state index in [4.69, 9.17) is 4.74 Å². The number of ether oxygens (including phenoxy) is 1. The van der Waals surface area contributed by atoms with Crippen molar-refractivity contribution >= 4 is 23.4 Å². The molecular weight excluding hydrogens is 448 g/mol. The highest BCUT2D eigenvalue weighted by Gasteiger charge is 2.46. The van der Waals surface area contributed by atoms with Crippen LogP contribution in [0.15, 0.2) is 30.1 Å². The molecule has 0 radical (unpaired) electrons. The van der Waals surface area contributed by atoms with Gasteiger partial charge in [-0.1, -0.05) is 19.9 Å². The highest BCUT2D eigenvalue weighted by atomic mass is 16.5. The van der Waals surface area contributed by atoms with E-state index in [1.807, 2.05) is 0 Å². The number of carbonyl (C=O) groups excluding carboxylic acids is 3. The number of nitrogens with one attached hydrogen (secondary N) is 1. The number of amides is 1. The van der Waals surface area contributed by atoms with Crippen molar-refractivity contribution in [1.29, 1.82) is 0 Å². The zero-order chi connectivity index (χ0) is 25.7. The first-order chi connectivity index (χ1) is 16.8. The fourth-order valence-electron chi connectivity index (χ4n) is 4.65. The average molecular weight is 483 g/mol. The molecule has 1 unspecified atom stereocenters. The predicted octanol–water partition coefficient (Wildman–Crippen LogP) is 3.36. The van der Waals surface area contributed by atoms with E-state index in [0.717, 1.165) is 19.6 Å². The smallest absolute Gasteiger partial charge is 0.355 e. The number of esters is 1. The Morgan fingerprint density at radius 2 is 1.94 bits per heavy atom. The third kappa shape index (κ3) is 5.14. The van der Waals surface area contributed by atoms with Crippen LogP contribution in [0.4, 0.5) is 0 Å². The van der Waals surface area contributed by atoms with Crippen LogP contribution in [0.25, 0.3) is 5.76 Å². The van der Waals surface area contributed by atoms with E-state index < -0.39 is 23.7 Å². The number of hydrogen-bond donors (Lipinski definition) is 2. The van der Waals surface area contributed by atoms with Gasteiger partial charge in [0.05, 0.1) is 18.2 Å². The number of Topliss-reactive ketones (excluding diaryl/α,β-unsaturated/α-hetero) is 1. The summed E-state index contributed by atoms with van der Waals surface area (Å²) in [5.41, 5.74) is 2.11. The van der Waals surface area contributed by atoms with E-state index in [9.17, 15) is 19.5 Å². The molecular formula is C26H34N4O5. The van der Waals surface area contributed by atoms with Crippen molar-refractivity contribution in [2.75, 3.05) is 32.8 Å². The summed E-state index contributed by atoms with van der Waals surface area (Å²) in [6.07, 6.45) is 3.89. The fraction of sp³-hybridized carbons (Fsp3) is 0.462. The number of aromatic amines is 1. The van der Waals surface area contributed by atoms with Crippen LogP contribution >= 0.6 is 0 Å². The van der Waals surface area contributed by atoms with Crippen molar-refractivity contribution in [2.45, 2.75) is 47.1 Å². The Hall–Kier alpha value is -3.46. The first-order valence-corrected chi connectivity index (χ1v) is 12.0. The van der Waals surface area contributed by atoms with Crippen LogP contribution in [0, 0.1) is 13.8 Å². The topological polar surface area (TPSA) is 116 Å². The summed E-state index contributed by atoms with van der Waals surface area (Å²) in [5, 5.41) is 11.4. The molecule has 35 heavy (non-hydrogen) atoms. The standard InChI is InChI=1S/C26H34N4O5/c1-6-29(7-2)13-10-14-30-22(18-11-9-12-27-15-18)20(24(32)25(30)33)23(31)19-16(4)21(28-17(19)5)26(34)35-8-3/h9,11-12,15,22,28,31H,6-8,10,13-14H2,1-5H3. The van der Waals surface area contributed by atoms with Gasteiger partial charge in [-0.2, -0.15) is 0 Å². The minimum atomic E-state index is -0.778. The lowest BCUT2D eigenvalue weighted by Gasteiger charge is -2.26. The highest BCUT2D eigenvalue weighted by Crippen LogP contribution is 2.40. The Bertz CT molecular complexity index is 1120. The number of pyridine rings is 1. The van der Waals surface area contributed by atoms with Crippen molar-refractivity contribution < 1.29 is 24.2 Å². The number of carbonyl (C=O) groups is 3. The van der Waals surface area contributed by atoms with Crippen molar-refractivity contribution in [3.8, 4) is 0 Å². The molecule has 0 aromatic carbocycles. The molecule has 2 aromatic rings. The molecule has 2 N–H and O–H groups in total. The van der Waals surface area contributed by atoms with Gasteiger partial charge in [0.1, 0.15) is 11.5 Å². The van der Waals surface area contributed by atoms with Gasteiger partial charge in [-0.05, 0) is 64.0 Å². The maximum atomic E-state index is 13.2. The molecule has 2 aromatic heterocycles. The second kappa shape index (κ2) is 11.3. The van der Waals surface area contributed by atoms with E-state index in [1.165, 1.54) is 4.90 Å². The number of nitrogens with zero attached hydrogens (tertiary/aromatic N) is 3. The largest absolute Gasteiger partial charge is 0.507 e. The third-order valence-corrected chi connectivity index (χ3v) is 6.46.